The molecule has 1 aromatic rings. The molecule has 0 atom stereocenters. The van der Waals surface area contributed by atoms with E-state index in [4.69, 9.17) is 5.73 Å². The summed E-state index contributed by atoms with van der Waals surface area (Å²) >= 11 is 0. The first kappa shape index (κ1) is 19.3. The fourth-order valence-electron chi connectivity index (χ4n) is 3.79. The minimum absolute atomic E-state index is 0.0753. The van der Waals surface area contributed by atoms with Crippen molar-refractivity contribution < 1.29 is 13.2 Å². The fourth-order valence-corrected chi connectivity index (χ4v) is 5.33. The van der Waals surface area contributed by atoms with Crippen LogP contribution in [0.5, 0.6) is 0 Å². The van der Waals surface area contributed by atoms with Gasteiger partial charge in [-0.3, -0.25) is 4.79 Å². The summed E-state index contributed by atoms with van der Waals surface area (Å²) in [5.41, 5.74) is 7.03. The van der Waals surface area contributed by atoms with Crippen LogP contribution < -0.4 is 5.73 Å². The van der Waals surface area contributed by atoms with Crippen molar-refractivity contribution in [3.8, 4) is 0 Å². The summed E-state index contributed by atoms with van der Waals surface area (Å²) < 4.78 is 27.4. The molecule has 2 N–H and O–H groups in total. The van der Waals surface area contributed by atoms with Crippen molar-refractivity contribution >= 4 is 15.9 Å². The predicted molar refractivity (Wildman–Crippen MR) is 101 cm³/mol. The van der Waals surface area contributed by atoms with Crippen LogP contribution in [0, 0.1) is 12.8 Å². The zero-order valence-electron chi connectivity index (χ0n) is 15.5. The number of amides is 1. The third-order valence-corrected chi connectivity index (χ3v) is 7.52. The maximum Gasteiger partial charge on any atom is 0.254 e. The van der Waals surface area contributed by atoms with E-state index < -0.39 is 10.0 Å². The molecule has 0 aromatic heterocycles. The second-order valence-corrected chi connectivity index (χ2v) is 9.35. The van der Waals surface area contributed by atoms with Crippen molar-refractivity contribution in [2.75, 3.05) is 32.7 Å². The summed E-state index contributed by atoms with van der Waals surface area (Å²) in [6, 6.07) is 4.93. The Morgan fingerprint density at radius 1 is 1.12 bits per heavy atom. The van der Waals surface area contributed by atoms with Gasteiger partial charge in [0.25, 0.3) is 5.91 Å². The minimum Gasteiger partial charge on any atom is -0.339 e. The third-order valence-electron chi connectivity index (χ3n) is 5.63. The Morgan fingerprint density at radius 2 is 1.77 bits per heavy atom. The summed E-state index contributed by atoms with van der Waals surface area (Å²) in [6.07, 6.45) is 4.68. The Kier molecular flexibility index (Phi) is 5.99. The first-order valence-electron chi connectivity index (χ1n) is 9.53. The smallest absolute Gasteiger partial charge is 0.254 e. The topological polar surface area (TPSA) is 83.7 Å². The molecular weight excluding hydrogens is 350 g/mol. The van der Waals surface area contributed by atoms with Gasteiger partial charge in [-0.15, -0.1) is 0 Å². The molecule has 2 aliphatic rings. The number of rotatable bonds is 4. The second-order valence-electron chi connectivity index (χ2n) is 7.41. The number of hydrogen-bond acceptors (Lipinski definition) is 4. The van der Waals surface area contributed by atoms with Crippen molar-refractivity contribution in [2.45, 2.75) is 43.9 Å². The van der Waals surface area contributed by atoms with Crippen molar-refractivity contribution in [2.24, 2.45) is 11.7 Å². The maximum atomic E-state index is 13.0. The van der Waals surface area contributed by atoms with E-state index in [1.54, 1.807) is 22.5 Å². The van der Waals surface area contributed by atoms with Crippen LogP contribution in [0.15, 0.2) is 23.1 Å². The zero-order valence-corrected chi connectivity index (χ0v) is 16.3. The van der Waals surface area contributed by atoms with E-state index >= 15 is 0 Å². The van der Waals surface area contributed by atoms with Gasteiger partial charge in [-0.05, 0) is 62.8 Å². The first-order chi connectivity index (χ1) is 12.4. The van der Waals surface area contributed by atoms with Crippen molar-refractivity contribution in [3.63, 3.8) is 0 Å². The largest absolute Gasteiger partial charge is 0.339 e. The van der Waals surface area contributed by atoms with Crippen molar-refractivity contribution in [3.05, 3.63) is 29.3 Å². The molecule has 1 aromatic carbocycles. The highest BCUT2D eigenvalue weighted by Gasteiger charge is 2.29. The molecule has 0 aliphatic carbocycles. The van der Waals surface area contributed by atoms with Crippen LogP contribution in [0.1, 0.15) is 48.0 Å². The van der Waals surface area contributed by atoms with Crippen LogP contribution in [0.25, 0.3) is 0 Å². The molecule has 144 valence electrons. The van der Waals surface area contributed by atoms with Gasteiger partial charge >= 0.3 is 0 Å². The van der Waals surface area contributed by atoms with Crippen LogP contribution >= 0.6 is 0 Å². The van der Waals surface area contributed by atoms with E-state index in [-0.39, 0.29) is 10.8 Å². The number of aryl methyl sites for hydroxylation is 1. The molecule has 0 bridgehead atoms. The lowest BCUT2D eigenvalue weighted by atomic mass is 9.96. The summed E-state index contributed by atoms with van der Waals surface area (Å²) in [5, 5.41) is 0. The molecule has 1 amide bonds. The highest BCUT2D eigenvalue weighted by molar-refractivity contribution is 7.89. The summed E-state index contributed by atoms with van der Waals surface area (Å²) in [4.78, 5) is 15.0. The van der Waals surface area contributed by atoms with Gasteiger partial charge in [-0.25, -0.2) is 8.42 Å². The Labute approximate surface area is 156 Å². The number of nitrogens with zero attached hydrogens (tertiary/aromatic N) is 2. The number of benzene rings is 1. The number of likely N-dealkylation sites (tertiary alicyclic amines) is 1. The van der Waals surface area contributed by atoms with Gasteiger partial charge in [0, 0.05) is 31.7 Å². The molecule has 0 spiro atoms. The van der Waals surface area contributed by atoms with E-state index in [9.17, 15) is 13.2 Å². The zero-order chi connectivity index (χ0) is 18.7. The SMILES string of the molecule is Cc1ccc(S(=O)(=O)N2CCCCC2)cc1C(=O)N1CCC(CN)CC1. The first-order valence-corrected chi connectivity index (χ1v) is 11.0. The van der Waals surface area contributed by atoms with E-state index in [0.29, 0.717) is 44.2 Å². The van der Waals surface area contributed by atoms with E-state index in [1.165, 1.54) is 0 Å². The van der Waals surface area contributed by atoms with E-state index in [1.807, 2.05) is 11.8 Å². The molecule has 7 heteroatoms. The molecule has 6 nitrogen and oxygen atoms in total. The molecule has 3 rings (SSSR count). The average molecular weight is 380 g/mol. The maximum absolute atomic E-state index is 13.0. The summed E-state index contributed by atoms with van der Waals surface area (Å²) in [5.74, 6) is 0.402. The van der Waals surface area contributed by atoms with Gasteiger partial charge in [0.1, 0.15) is 0 Å². The Morgan fingerprint density at radius 3 is 2.38 bits per heavy atom. The van der Waals surface area contributed by atoms with Crippen LogP contribution in [0.4, 0.5) is 0 Å². The van der Waals surface area contributed by atoms with Gasteiger partial charge in [0.05, 0.1) is 4.90 Å². The molecule has 2 aliphatic heterocycles. The van der Waals surface area contributed by atoms with Gasteiger partial charge in [-0.2, -0.15) is 4.31 Å². The van der Waals surface area contributed by atoms with Gasteiger partial charge in [-0.1, -0.05) is 12.5 Å². The second kappa shape index (κ2) is 8.06. The summed E-state index contributed by atoms with van der Waals surface area (Å²) in [7, 11) is -3.53. The van der Waals surface area contributed by atoms with Crippen LogP contribution in [-0.2, 0) is 10.0 Å². The van der Waals surface area contributed by atoms with Gasteiger partial charge < -0.3 is 10.6 Å². The van der Waals surface area contributed by atoms with Crippen LogP contribution in [0.2, 0.25) is 0 Å². The number of piperidine rings is 2. The Hall–Kier alpha value is -1.44. The normalized spacial score (nSPS) is 20.3. The van der Waals surface area contributed by atoms with Crippen LogP contribution in [0.3, 0.4) is 0 Å². The van der Waals surface area contributed by atoms with E-state index in [2.05, 4.69) is 0 Å². The lowest BCUT2D eigenvalue weighted by Gasteiger charge is -2.32. The van der Waals surface area contributed by atoms with Crippen LogP contribution in [-0.4, -0.2) is 56.3 Å². The molecule has 26 heavy (non-hydrogen) atoms. The number of hydrogen-bond donors (Lipinski definition) is 1. The predicted octanol–water partition coefficient (Wildman–Crippen LogP) is 1.98. The summed E-state index contributed by atoms with van der Waals surface area (Å²) in [6.45, 7) is 5.01. The monoisotopic (exact) mass is 379 g/mol. The quantitative estimate of drug-likeness (QED) is 0.867. The third kappa shape index (κ3) is 3.94. The molecule has 0 unspecified atom stereocenters. The molecule has 0 radical (unpaired) electrons. The molecule has 2 heterocycles. The standard InChI is InChI=1S/C19H29N3O3S/c1-15-5-6-17(26(24,25)22-9-3-2-4-10-22)13-18(15)19(23)21-11-7-16(14-20)8-12-21/h5-6,13,16H,2-4,7-12,14,20H2,1H3. The average Bonchev–Trinajstić information content (AvgIpc) is 2.68. The highest BCUT2D eigenvalue weighted by Crippen LogP contribution is 2.25. The molecule has 2 fully saturated rings. The lowest BCUT2D eigenvalue weighted by molar-refractivity contribution is 0.0692. The Bertz CT molecular complexity index is 749. The minimum atomic E-state index is -3.53. The fraction of sp³-hybridized carbons (Fsp3) is 0.632. The van der Waals surface area contributed by atoms with E-state index in [0.717, 1.165) is 37.7 Å². The van der Waals surface area contributed by atoms with Crippen molar-refractivity contribution in [1.82, 2.24) is 9.21 Å². The number of carbonyl (C=O) groups excluding carboxylic acids is 1. The van der Waals surface area contributed by atoms with Gasteiger partial charge in [0.15, 0.2) is 0 Å². The van der Waals surface area contributed by atoms with Crippen molar-refractivity contribution in [1.29, 1.82) is 0 Å². The Balaban J connectivity index is 1.82. The van der Waals surface area contributed by atoms with Gasteiger partial charge in [0.2, 0.25) is 10.0 Å². The molecule has 2 saturated heterocycles. The lowest BCUT2D eigenvalue weighted by Crippen LogP contribution is -2.40. The number of nitrogens with two attached hydrogens (primary N) is 1. The molecule has 0 saturated carbocycles. The highest BCUT2D eigenvalue weighted by atomic mass is 32.2. The number of carbonyl (C=O) groups is 1. The number of sulfonamides is 1. The molecular formula is C19H29N3O3S.